The van der Waals surface area contributed by atoms with Crippen LogP contribution in [0.3, 0.4) is 0 Å². The summed E-state index contributed by atoms with van der Waals surface area (Å²) < 4.78 is 49.9. The van der Waals surface area contributed by atoms with Crippen molar-refractivity contribution in [2.24, 2.45) is 0 Å². The molecule has 2 aliphatic rings. The Morgan fingerprint density at radius 2 is 1.30 bits per heavy atom. The van der Waals surface area contributed by atoms with Crippen molar-refractivity contribution in [1.29, 1.82) is 0 Å². The van der Waals surface area contributed by atoms with Gasteiger partial charge in [-0.15, -0.1) is 13.2 Å². The first-order chi connectivity index (χ1) is 21.0. The minimum atomic E-state index is -5.05. The Bertz CT molecular complexity index is 2200. The minimum Gasteiger partial charge on any atom is -0.508 e. The number of phenolic OH excluding ortho intramolecular Hbond substituents is 1. The zero-order valence-corrected chi connectivity index (χ0v) is 22.5. The molecule has 224 valence electrons. The summed E-state index contributed by atoms with van der Waals surface area (Å²) in [5, 5.41) is 10.9. The van der Waals surface area contributed by atoms with E-state index in [0.29, 0.717) is 11.3 Å². The Kier molecular flexibility index (Phi) is 5.95. The van der Waals surface area contributed by atoms with Crippen molar-refractivity contribution in [2.45, 2.75) is 31.5 Å². The van der Waals surface area contributed by atoms with Crippen molar-refractivity contribution in [3.8, 4) is 22.9 Å². The SMILES string of the molecule is O=c1n(-c2ccccc2)c(=O)n2n1CC=C1C2Cn2c(=O)n(-c3ccccc3)c(=O)n2C1c1cc(OC(F)(F)F)ccc1O. The number of phenols is 1. The largest absolute Gasteiger partial charge is 0.573 e. The van der Waals surface area contributed by atoms with Gasteiger partial charge in [-0.1, -0.05) is 42.5 Å². The zero-order valence-electron chi connectivity index (χ0n) is 22.5. The van der Waals surface area contributed by atoms with Gasteiger partial charge in [0.25, 0.3) is 0 Å². The summed E-state index contributed by atoms with van der Waals surface area (Å²) in [6.07, 6.45) is -3.48. The molecule has 1 N–H and O–H groups in total. The maximum atomic E-state index is 13.9. The molecule has 12 nitrogen and oxygen atoms in total. The van der Waals surface area contributed by atoms with E-state index in [0.717, 1.165) is 36.7 Å². The average Bonchev–Trinajstić information content (AvgIpc) is 3.41. The third kappa shape index (κ3) is 4.07. The topological polar surface area (TPSA) is 127 Å². The first-order valence-electron chi connectivity index (χ1n) is 13.3. The quantitative estimate of drug-likeness (QED) is 0.313. The summed E-state index contributed by atoms with van der Waals surface area (Å²) in [6.45, 7) is -0.401. The van der Waals surface area contributed by atoms with E-state index in [9.17, 15) is 37.5 Å². The molecule has 0 radical (unpaired) electrons. The average molecular weight is 607 g/mol. The van der Waals surface area contributed by atoms with Crippen LogP contribution in [0.15, 0.2) is 110 Å². The van der Waals surface area contributed by atoms with E-state index in [-0.39, 0.29) is 24.3 Å². The molecule has 4 heterocycles. The first-order valence-corrected chi connectivity index (χ1v) is 13.3. The first kappa shape index (κ1) is 27.1. The lowest BCUT2D eigenvalue weighted by Gasteiger charge is -2.37. The zero-order chi connectivity index (χ0) is 30.9. The van der Waals surface area contributed by atoms with Gasteiger partial charge in [-0.25, -0.2) is 47.0 Å². The van der Waals surface area contributed by atoms with Gasteiger partial charge in [0.2, 0.25) is 0 Å². The van der Waals surface area contributed by atoms with Gasteiger partial charge in [-0.2, -0.15) is 0 Å². The monoisotopic (exact) mass is 606 g/mol. The highest BCUT2D eigenvalue weighted by Crippen LogP contribution is 2.43. The molecule has 0 saturated heterocycles. The van der Waals surface area contributed by atoms with Gasteiger partial charge in [-0.05, 0) is 48.0 Å². The number of hydrogen-bond acceptors (Lipinski definition) is 6. The maximum Gasteiger partial charge on any atom is 0.573 e. The lowest BCUT2D eigenvalue weighted by atomic mass is 9.89. The molecule has 3 aromatic carbocycles. The van der Waals surface area contributed by atoms with Crippen LogP contribution < -0.4 is 27.5 Å². The van der Waals surface area contributed by atoms with Gasteiger partial charge in [0, 0.05) is 5.56 Å². The van der Waals surface area contributed by atoms with Crippen LogP contribution in [0.5, 0.6) is 11.5 Å². The predicted molar refractivity (Wildman–Crippen MR) is 149 cm³/mol. The van der Waals surface area contributed by atoms with Crippen molar-refractivity contribution in [3.63, 3.8) is 0 Å². The van der Waals surface area contributed by atoms with Crippen LogP contribution in [-0.4, -0.2) is 39.3 Å². The molecule has 15 heteroatoms. The molecule has 2 unspecified atom stereocenters. The number of benzene rings is 3. The highest BCUT2D eigenvalue weighted by molar-refractivity contribution is 5.46. The highest BCUT2D eigenvalue weighted by Gasteiger charge is 2.43. The summed E-state index contributed by atoms with van der Waals surface area (Å²) in [4.78, 5) is 55.0. The molecule has 0 saturated carbocycles. The second kappa shape index (κ2) is 9.65. The van der Waals surface area contributed by atoms with Gasteiger partial charge in [0.1, 0.15) is 17.5 Å². The van der Waals surface area contributed by atoms with Gasteiger partial charge in [-0.3, -0.25) is 0 Å². The van der Waals surface area contributed by atoms with Crippen molar-refractivity contribution >= 4 is 0 Å². The smallest absolute Gasteiger partial charge is 0.508 e. The van der Waals surface area contributed by atoms with Crippen LogP contribution in [0.25, 0.3) is 11.4 Å². The third-order valence-electron chi connectivity index (χ3n) is 7.76. The van der Waals surface area contributed by atoms with E-state index in [1.165, 1.54) is 21.5 Å². The van der Waals surface area contributed by atoms with Gasteiger partial charge >= 0.3 is 29.1 Å². The van der Waals surface area contributed by atoms with Crippen LogP contribution in [0, 0.1) is 0 Å². The molecule has 0 aliphatic carbocycles. The maximum absolute atomic E-state index is 13.9. The van der Waals surface area contributed by atoms with E-state index >= 15 is 0 Å². The molecule has 7 rings (SSSR count). The highest BCUT2D eigenvalue weighted by atomic mass is 19.4. The fraction of sp³-hybridized carbons (Fsp3) is 0.172. The number of alkyl halides is 3. The minimum absolute atomic E-state index is 0.131. The Morgan fingerprint density at radius 3 is 1.89 bits per heavy atom. The third-order valence-corrected chi connectivity index (χ3v) is 7.76. The van der Waals surface area contributed by atoms with Gasteiger partial charge in [0.05, 0.1) is 30.5 Å². The van der Waals surface area contributed by atoms with Crippen LogP contribution in [0.1, 0.15) is 17.6 Å². The molecule has 0 bridgehead atoms. The Labute approximate surface area is 243 Å². The lowest BCUT2D eigenvalue weighted by molar-refractivity contribution is -0.274. The lowest BCUT2D eigenvalue weighted by Crippen LogP contribution is -2.47. The van der Waals surface area contributed by atoms with Crippen molar-refractivity contribution in [1.82, 2.24) is 27.9 Å². The normalized spacial score (nSPS) is 17.4. The number of aromatic nitrogens is 6. The molecule has 2 aliphatic heterocycles. The predicted octanol–water partition coefficient (Wildman–Crippen LogP) is 2.30. The number of hydrogen-bond donors (Lipinski definition) is 1. The molecule has 5 aromatic rings. The second-order valence-electron chi connectivity index (χ2n) is 10.2. The second-order valence-corrected chi connectivity index (χ2v) is 10.2. The van der Waals surface area contributed by atoms with E-state index in [2.05, 4.69) is 4.74 Å². The number of para-hydroxylation sites is 2. The molecular formula is C29H21F3N6O6. The number of halogens is 3. The Morgan fingerprint density at radius 1 is 0.727 bits per heavy atom. The number of aromatic hydroxyl groups is 1. The van der Waals surface area contributed by atoms with Crippen molar-refractivity contribution in [3.05, 3.63) is 138 Å². The molecule has 0 fully saturated rings. The number of fused-ring (bicyclic) bond motifs is 4. The van der Waals surface area contributed by atoms with Crippen LogP contribution >= 0.6 is 0 Å². The summed E-state index contributed by atoms with van der Waals surface area (Å²) in [7, 11) is 0. The van der Waals surface area contributed by atoms with Crippen molar-refractivity contribution < 1.29 is 23.0 Å². The van der Waals surface area contributed by atoms with Gasteiger partial charge < -0.3 is 9.84 Å². The van der Waals surface area contributed by atoms with Crippen LogP contribution in [-0.2, 0) is 13.1 Å². The summed E-state index contributed by atoms with van der Waals surface area (Å²) in [5.41, 5.74) is -2.32. The molecule has 0 spiro atoms. The number of nitrogens with zero attached hydrogens (tertiary/aromatic N) is 6. The molecular weight excluding hydrogens is 585 g/mol. The number of rotatable bonds is 4. The molecule has 2 aromatic heterocycles. The van der Waals surface area contributed by atoms with E-state index < -0.39 is 52.7 Å². The molecule has 44 heavy (non-hydrogen) atoms. The fourth-order valence-electron chi connectivity index (χ4n) is 5.98. The Balaban J connectivity index is 1.49. The molecule has 2 atom stereocenters. The summed E-state index contributed by atoms with van der Waals surface area (Å²) in [6, 6.07) is 16.6. The van der Waals surface area contributed by atoms with Gasteiger partial charge in [0.15, 0.2) is 0 Å². The van der Waals surface area contributed by atoms with E-state index in [1.807, 2.05) is 0 Å². The van der Waals surface area contributed by atoms with E-state index in [4.69, 9.17) is 0 Å². The van der Waals surface area contributed by atoms with Crippen LogP contribution in [0.2, 0.25) is 0 Å². The molecule has 0 amide bonds. The summed E-state index contributed by atoms with van der Waals surface area (Å²) >= 11 is 0. The van der Waals surface area contributed by atoms with Crippen molar-refractivity contribution in [2.75, 3.05) is 0 Å². The number of ether oxygens (including phenoxy) is 1. The summed E-state index contributed by atoms with van der Waals surface area (Å²) in [5.74, 6) is -1.15. The van der Waals surface area contributed by atoms with Crippen LogP contribution in [0.4, 0.5) is 13.2 Å². The van der Waals surface area contributed by atoms with E-state index in [1.54, 1.807) is 54.6 Å². The standard InChI is InChI=1S/C29H21F3N6O6/c30-29(31,32)44-19-11-12-23(39)21(15-19)24-20-13-14-33-25(40)35(17-7-3-1-4-8-17)27(42)37(33)22(20)16-34-26(41)36(28(43)38(24)34)18-9-5-2-6-10-18/h1-13,15,22,24,39H,14,16H2. The fourth-order valence-corrected chi connectivity index (χ4v) is 5.98. The Hall–Kier alpha value is -5.73. The number of allylic oxidation sites excluding steroid dienone is 2.